The smallest absolute Gasteiger partial charge is 0.0714 e. The van der Waals surface area contributed by atoms with E-state index in [-0.39, 0.29) is 0 Å². The Morgan fingerprint density at radius 1 is 1.22 bits per heavy atom. The summed E-state index contributed by atoms with van der Waals surface area (Å²) < 4.78 is 0. The van der Waals surface area contributed by atoms with Crippen LogP contribution in [0.15, 0.2) is 12.1 Å². The molecule has 94 valence electrons. The Bertz CT molecular complexity index is 614. The van der Waals surface area contributed by atoms with Gasteiger partial charge in [0, 0.05) is 17.6 Å². The standard InChI is InChI=1S/C16H20N2/c1-10-7-11(2)16-13(9-17-3)12-5-4-6-14(12)18-15(16)8-10/h7-8,17H,4-6,9H2,1-3H3. The van der Waals surface area contributed by atoms with E-state index in [0.29, 0.717) is 0 Å². The quantitative estimate of drug-likeness (QED) is 0.872. The zero-order valence-electron chi connectivity index (χ0n) is 11.4. The number of hydrogen-bond acceptors (Lipinski definition) is 2. The Hall–Kier alpha value is -1.41. The van der Waals surface area contributed by atoms with Crippen molar-refractivity contribution in [3.8, 4) is 0 Å². The number of nitrogens with zero attached hydrogens (tertiary/aromatic N) is 1. The Kier molecular flexibility index (Phi) is 2.83. The van der Waals surface area contributed by atoms with Gasteiger partial charge >= 0.3 is 0 Å². The molecule has 1 aliphatic rings. The number of rotatable bonds is 2. The summed E-state index contributed by atoms with van der Waals surface area (Å²) in [4.78, 5) is 4.89. The Morgan fingerprint density at radius 3 is 2.83 bits per heavy atom. The number of nitrogens with one attached hydrogen (secondary N) is 1. The first-order valence-corrected chi connectivity index (χ1v) is 6.77. The minimum atomic E-state index is 0.950. The molecule has 1 N–H and O–H groups in total. The summed E-state index contributed by atoms with van der Waals surface area (Å²) in [6, 6.07) is 4.49. The molecule has 2 heteroatoms. The first-order chi connectivity index (χ1) is 8.70. The third-order valence-electron chi connectivity index (χ3n) is 3.92. The Morgan fingerprint density at radius 2 is 2.06 bits per heavy atom. The average molecular weight is 240 g/mol. The fourth-order valence-corrected chi connectivity index (χ4v) is 3.27. The summed E-state index contributed by atoms with van der Waals surface area (Å²) in [5.41, 5.74) is 8.16. The Labute approximate surface area is 108 Å². The molecule has 18 heavy (non-hydrogen) atoms. The van der Waals surface area contributed by atoms with Crippen molar-refractivity contribution in [2.45, 2.75) is 39.7 Å². The molecule has 1 heterocycles. The van der Waals surface area contributed by atoms with E-state index in [4.69, 9.17) is 4.98 Å². The molecule has 2 aromatic rings. The van der Waals surface area contributed by atoms with Crippen LogP contribution in [0.3, 0.4) is 0 Å². The van der Waals surface area contributed by atoms with Crippen LogP contribution in [0.5, 0.6) is 0 Å². The summed E-state index contributed by atoms with van der Waals surface area (Å²) in [5, 5.41) is 4.69. The molecule has 0 saturated heterocycles. The lowest BCUT2D eigenvalue weighted by Gasteiger charge is -2.14. The number of hydrogen-bond donors (Lipinski definition) is 1. The van der Waals surface area contributed by atoms with E-state index in [2.05, 4.69) is 31.3 Å². The highest BCUT2D eigenvalue weighted by Gasteiger charge is 2.19. The van der Waals surface area contributed by atoms with Crippen LogP contribution in [0, 0.1) is 13.8 Å². The van der Waals surface area contributed by atoms with Gasteiger partial charge in [-0.15, -0.1) is 0 Å². The summed E-state index contributed by atoms with van der Waals surface area (Å²) in [6.45, 7) is 5.31. The maximum atomic E-state index is 4.89. The first-order valence-electron chi connectivity index (χ1n) is 6.77. The van der Waals surface area contributed by atoms with Gasteiger partial charge in [0.2, 0.25) is 0 Å². The number of benzene rings is 1. The summed E-state index contributed by atoms with van der Waals surface area (Å²) >= 11 is 0. The molecule has 2 nitrogen and oxygen atoms in total. The highest BCUT2D eigenvalue weighted by molar-refractivity contribution is 5.87. The second kappa shape index (κ2) is 4.36. The van der Waals surface area contributed by atoms with Crippen LogP contribution in [-0.4, -0.2) is 12.0 Å². The van der Waals surface area contributed by atoms with E-state index in [1.165, 1.54) is 51.7 Å². The summed E-state index contributed by atoms with van der Waals surface area (Å²) in [7, 11) is 2.02. The predicted octanol–water partition coefficient (Wildman–Crippen LogP) is 3.06. The molecule has 1 aromatic heterocycles. The van der Waals surface area contributed by atoms with Crippen molar-refractivity contribution in [2.75, 3.05) is 7.05 Å². The molecular formula is C16H20N2. The maximum Gasteiger partial charge on any atom is 0.0714 e. The van der Waals surface area contributed by atoms with Gasteiger partial charge in [0.1, 0.15) is 0 Å². The van der Waals surface area contributed by atoms with Gasteiger partial charge in [-0.2, -0.15) is 0 Å². The van der Waals surface area contributed by atoms with Crippen LogP contribution in [0.4, 0.5) is 0 Å². The lowest BCUT2D eigenvalue weighted by atomic mass is 9.96. The molecule has 0 aliphatic heterocycles. The molecule has 1 aromatic carbocycles. The lowest BCUT2D eigenvalue weighted by molar-refractivity contribution is 0.809. The van der Waals surface area contributed by atoms with Crippen molar-refractivity contribution in [3.63, 3.8) is 0 Å². The SMILES string of the molecule is CNCc1c2c(nc3cc(C)cc(C)c13)CCC2. The molecule has 0 fully saturated rings. The van der Waals surface area contributed by atoms with Crippen LogP contribution >= 0.6 is 0 Å². The fraction of sp³-hybridized carbons (Fsp3) is 0.438. The van der Waals surface area contributed by atoms with E-state index in [1.807, 2.05) is 7.05 Å². The zero-order chi connectivity index (χ0) is 12.7. The van der Waals surface area contributed by atoms with Crippen molar-refractivity contribution in [3.05, 3.63) is 40.1 Å². The number of aryl methyl sites for hydroxylation is 3. The van der Waals surface area contributed by atoms with Crippen molar-refractivity contribution in [1.29, 1.82) is 0 Å². The Balaban J connectivity index is 2.38. The van der Waals surface area contributed by atoms with E-state index < -0.39 is 0 Å². The lowest BCUT2D eigenvalue weighted by Crippen LogP contribution is -2.10. The predicted molar refractivity (Wildman–Crippen MR) is 76.0 cm³/mol. The molecular weight excluding hydrogens is 220 g/mol. The molecule has 0 radical (unpaired) electrons. The van der Waals surface area contributed by atoms with Gasteiger partial charge in [-0.05, 0) is 68.5 Å². The normalized spacial score (nSPS) is 14.2. The number of aromatic nitrogens is 1. The van der Waals surface area contributed by atoms with E-state index in [0.717, 1.165) is 13.0 Å². The second-order valence-corrected chi connectivity index (χ2v) is 5.38. The molecule has 0 saturated carbocycles. The average Bonchev–Trinajstić information content (AvgIpc) is 2.75. The minimum absolute atomic E-state index is 0.950. The molecule has 0 atom stereocenters. The van der Waals surface area contributed by atoms with Crippen molar-refractivity contribution >= 4 is 10.9 Å². The third-order valence-corrected chi connectivity index (χ3v) is 3.92. The van der Waals surface area contributed by atoms with Crippen LogP contribution in [0.2, 0.25) is 0 Å². The van der Waals surface area contributed by atoms with Crippen LogP contribution in [0.25, 0.3) is 10.9 Å². The third kappa shape index (κ3) is 1.72. The van der Waals surface area contributed by atoms with Crippen molar-refractivity contribution < 1.29 is 0 Å². The molecule has 0 spiro atoms. The van der Waals surface area contributed by atoms with Gasteiger partial charge < -0.3 is 5.32 Å². The zero-order valence-corrected chi connectivity index (χ0v) is 11.4. The topological polar surface area (TPSA) is 24.9 Å². The maximum absolute atomic E-state index is 4.89. The van der Waals surface area contributed by atoms with Gasteiger partial charge in [-0.1, -0.05) is 6.07 Å². The van der Waals surface area contributed by atoms with Gasteiger partial charge in [-0.25, -0.2) is 0 Å². The van der Waals surface area contributed by atoms with E-state index >= 15 is 0 Å². The second-order valence-electron chi connectivity index (χ2n) is 5.38. The largest absolute Gasteiger partial charge is 0.316 e. The van der Waals surface area contributed by atoms with E-state index in [9.17, 15) is 0 Å². The molecule has 1 aliphatic carbocycles. The van der Waals surface area contributed by atoms with Crippen molar-refractivity contribution in [2.24, 2.45) is 0 Å². The monoisotopic (exact) mass is 240 g/mol. The minimum Gasteiger partial charge on any atom is -0.316 e. The molecule has 0 bridgehead atoms. The van der Waals surface area contributed by atoms with E-state index in [1.54, 1.807) is 0 Å². The molecule has 0 unspecified atom stereocenters. The van der Waals surface area contributed by atoms with Crippen LogP contribution in [-0.2, 0) is 19.4 Å². The highest BCUT2D eigenvalue weighted by Crippen LogP contribution is 2.32. The van der Waals surface area contributed by atoms with Gasteiger partial charge in [0.05, 0.1) is 5.52 Å². The highest BCUT2D eigenvalue weighted by atomic mass is 14.8. The van der Waals surface area contributed by atoms with Crippen molar-refractivity contribution in [1.82, 2.24) is 10.3 Å². The summed E-state index contributed by atoms with van der Waals surface area (Å²) in [6.07, 6.45) is 3.60. The fourth-order valence-electron chi connectivity index (χ4n) is 3.27. The van der Waals surface area contributed by atoms with Crippen LogP contribution in [0.1, 0.15) is 34.4 Å². The van der Waals surface area contributed by atoms with Crippen LogP contribution < -0.4 is 5.32 Å². The molecule has 0 amide bonds. The van der Waals surface area contributed by atoms with Gasteiger partial charge in [0.15, 0.2) is 0 Å². The van der Waals surface area contributed by atoms with Gasteiger partial charge in [-0.3, -0.25) is 4.98 Å². The number of fused-ring (bicyclic) bond motifs is 2. The first kappa shape index (κ1) is 11.7. The molecule has 3 rings (SSSR count). The van der Waals surface area contributed by atoms with Gasteiger partial charge in [0.25, 0.3) is 0 Å². The summed E-state index contributed by atoms with van der Waals surface area (Å²) in [5.74, 6) is 0. The number of pyridine rings is 1.